The maximum atomic E-state index is 12.1. The van der Waals surface area contributed by atoms with Crippen molar-refractivity contribution >= 4 is 11.9 Å². The number of amides is 1. The molecule has 0 spiro atoms. The quantitative estimate of drug-likeness (QED) is 0.840. The Hall–Kier alpha value is -1.06. The Balaban J connectivity index is 2.46. The van der Waals surface area contributed by atoms with Crippen LogP contribution in [0.1, 0.15) is 60.3 Å². The number of nitrogens with one attached hydrogen (secondary N) is 1. The third kappa shape index (κ3) is 4.67. The number of Topliss-reactive ketones (excluding diaryl/α,β-unsaturated/α-hetero) is 1. The summed E-state index contributed by atoms with van der Waals surface area (Å²) in [4.78, 5) is 23.8. The number of carbonyl (C=O) groups excluding carboxylic acids is 2. The number of ketones is 1. The van der Waals surface area contributed by atoms with Crippen LogP contribution in [0.5, 0.6) is 0 Å². The number of alkyl carbamates (subject to hydrolysis) is 1. The lowest BCUT2D eigenvalue weighted by Gasteiger charge is -2.31. The Morgan fingerprint density at radius 1 is 1.17 bits per heavy atom. The van der Waals surface area contributed by atoms with Gasteiger partial charge in [-0.1, -0.05) is 19.3 Å². The van der Waals surface area contributed by atoms with Gasteiger partial charge >= 0.3 is 6.09 Å². The topological polar surface area (TPSA) is 55.4 Å². The van der Waals surface area contributed by atoms with Gasteiger partial charge in [-0.2, -0.15) is 0 Å². The first-order valence-corrected chi connectivity index (χ1v) is 6.64. The van der Waals surface area contributed by atoms with E-state index >= 15 is 0 Å². The van der Waals surface area contributed by atoms with Gasteiger partial charge in [0, 0.05) is 6.42 Å². The second-order valence-electron chi connectivity index (χ2n) is 6.68. The van der Waals surface area contributed by atoms with E-state index in [1.165, 1.54) is 6.42 Å². The zero-order chi connectivity index (χ0) is 14.0. The molecule has 0 atom stereocenters. The average molecular weight is 255 g/mol. The second kappa shape index (κ2) is 5.29. The molecule has 4 nitrogen and oxygen atoms in total. The van der Waals surface area contributed by atoms with E-state index in [-0.39, 0.29) is 5.78 Å². The van der Waals surface area contributed by atoms with Crippen molar-refractivity contribution in [3.63, 3.8) is 0 Å². The van der Waals surface area contributed by atoms with E-state index in [2.05, 4.69) is 5.32 Å². The van der Waals surface area contributed by atoms with E-state index in [1.807, 2.05) is 0 Å². The van der Waals surface area contributed by atoms with Crippen LogP contribution in [0.25, 0.3) is 0 Å². The minimum Gasteiger partial charge on any atom is -0.444 e. The fourth-order valence-corrected chi connectivity index (χ4v) is 1.84. The zero-order valence-electron chi connectivity index (χ0n) is 12.1. The van der Waals surface area contributed by atoms with Crippen LogP contribution in [0.4, 0.5) is 4.79 Å². The molecule has 1 rings (SSSR count). The molecule has 0 aromatic rings. The molecule has 0 heterocycles. The first-order valence-electron chi connectivity index (χ1n) is 6.64. The van der Waals surface area contributed by atoms with Crippen molar-refractivity contribution in [2.24, 2.45) is 5.92 Å². The lowest BCUT2D eigenvalue weighted by Crippen LogP contribution is -2.51. The molecule has 0 aromatic heterocycles. The summed E-state index contributed by atoms with van der Waals surface area (Å²) in [6.45, 7) is 8.87. The standard InChI is InChI=1S/C14H25NO3/c1-13(2,3)18-12(17)15-14(4,5)11(16)9-10-7-6-8-10/h10H,6-9H2,1-5H3,(H,15,17). The van der Waals surface area contributed by atoms with Gasteiger partial charge in [-0.25, -0.2) is 4.79 Å². The summed E-state index contributed by atoms with van der Waals surface area (Å²) in [6.07, 6.45) is 3.51. The molecule has 0 unspecified atom stereocenters. The highest BCUT2D eigenvalue weighted by Gasteiger charge is 2.33. The summed E-state index contributed by atoms with van der Waals surface area (Å²) >= 11 is 0. The number of ether oxygens (including phenoxy) is 1. The predicted octanol–water partition coefficient (Wildman–Crippen LogP) is 3.05. The molecule has 104 valence electrons. The first kappa shape index (κ1) is 15.0. The van der Waals surface area contributed by atoms with E-state index in [0.29, 0.717) is 12.3 Å². The Morgan fingerprint density at radius 2 is 1.72 bits per heavy atom. The number of hydrogen-bond acceptors (Lipinski definition) is 3. The Bertz CT molecular complexity index is 324. The summed E-state index contributed by atoms with van der Waals surface area (Å²) in [7, 11) is 0. The SMILES string of the molecule is CC(C)(C)OC(=O)NC(C)(C)C(=O)CC1CCC1. The van der Waals surface area contributed by atoms with Gasteiger partial charge in [-0.05, 0) is 40.5 Å². The fourth-order valence-electron chi connectivity index (χ4n) is 1.84. The normalized spacial score (nSPS) is 16.9. The molecule has 1 N–H and O–H groups in total. The number of rotatable bonds is 4. The van der Waals surface area contributed by atoms with Gasteiger partial charge in [0.2, 0.25) is 0 Å². The molecule has 0 aromatic carbocycles. The van der Waals surface area contributed by atoms with Crippen molar-refractivity contribution in [3.05, 3.63) is 0 Å². The third-order valence-electron chi connectivity index (χ3n) is 3.21. The number of carbonyl (C=O) groups is 2. The molecule has 1 aliphatic rings. The van der Waals surface area contributed by atoms with E-state index in [0.717, 1.165) is 12.8 Å². The van der Waals surface area contributed by atoms with E-state index in [1.54, 1.807) is 34.6 Å². The van der Waals surface area contributed by atoms with Crippen LogP contribution < -0.4 is 5.32 Å². The first-order chi connectivity index (χ1) is 8.10. The Kier molecular flexibility index (Phi) is 4.41. The Labute approximate surface area is 109 Å². The molecule has 1 fully saturated rings. The molecule has 0 saturated heterocycles. The summed E-state index contributed by atoms with van der Waals surface area (Å²) in [6, 6.07) is 0. The van der Waals surface area contributed by atoms with Crippen LogP contribution in [0, 0.1) is 5.92 Å². The van der Waals surface area contributed by atoms with Crippen LogP contribution in [0.15, 0.2) is 0 Å². The van der Waals surface area contributed by atoms with Gasteiger partial charge < -0.3 is 10.1 Å². The molecule has 1 amide bonds. The van der Waals surface area contributed by atoms with Crippen molar-refractivity contribution in [3.8, 4) is 0 Å². The molecule has 0 radical (unpaired) electrons. The third-order valence-corrected chi connectivity index (χ3v) is 3.21. The maximum absolute atomic E-state index is 12.1. The molecular formula is C14H25NO3. The lowest BCUT2D eigenvalue weighted by atomic mass is 9.79. The molecule has 0 bridgehead atoms. The van der Waals surface area contributed by atoms with Crippen LogP contribution in [0.2, 0.25) is 0 Å². The van der Waals surface area contributed by atoms with Gasteiger partial charge in [0.05, 0.1) is 5.54 Å². The van der Waals surface area contributed by atoms with Crippen LogP contribution >= 0.6 is 0 Å². The maximum Gasteiger partial charge on any atom is 0.408 e. The van der Waals surface area contributed by atoms with Gasteiger partial charge in [-0.15, -0.1) is 0 Å². The number of hydrogen-bond donors (Lipinski definition) is 1. The minimum atomic E-state index is -0.849. The summed E-state index contributed by atoms with van der Waals surface area (Å²) in [5, 5.41) is 2.66. The van der Waals surface area contributed by atoms with Crippen LogP contribution in [-0.4, -0.2) is 23.0 Å². The molecule has 18 heavy (non-hydrogen) atoms. The van der Waals surface area contributed by atoms with Crippen molar-refractivity contribution in [1.82, 2.24) is 5.32 Å². The van der Waals surface area contributed by atoms with E-state index in [9.17, 15) is 9.59 Å². The highest BCUT2D eigenvalue weighted by molar-refractivity contribution is 5.91. The van der Waals surface area contributed by atoms with E-state index in [4.69, 9.17) is 4.74 Å². The largest absolute Gasteiger partial charge is 0.444 e. The highest BCUT2D eigenvalue weighted by Crippen LogP contribution is 2.31. The highest BCUT2D eigenvalue weighted by atomic mass is 16.6. The molecule has 4 heteroatoms. The molecular weight excluding hydrogens is 230 g/mol. The van der Waals surface area contributed by atoms with Gasteiger partial charge in [0.1, 0.15) is 5.60 Å². The lowest BCUT2D eigenvalue weighted by molar-refractivity contribution is -0.125. The summed E-state index contributed by atoms with van der Waals surface area (Å²) < 4.78 is 5.17. The fraction of sp³-hybridized carbons (Fsp3) is 0.857. The monoisotopic (exact) mass is 255 g/mol. The summed E-state index contributed by atoms with van der Waals surface area (Å²) in [5.74, 6) is 0.593. The average Bonchev–Trinajstić information content (AvgIpc) is 2.06. The predicted molar refractivity (Wildman–Crippen MR) is 70.4 cm³/mol. The Morgan fingerprint density at radius 3 is 2.11 bits per heavy atom. The second-order valence-corrected chi connectivity index (χ2v) is 6.68. The molecule has 0 aliphatic heterocycles. The zero-order valence-corrected chi connectivity index (χ0v) is 12.1. The molecule has 1 saturated carbocycles. The minimum absolute atomic E-state index is 0.0815. The van der Waals surface area contributed by atoms with Gasteiger partial charge in [0.15, 0.2) is 5.78 Å². The van der Waals surface area contributed by atoms with Crippen LogP contribution in [0.3, 0.4) is 0 Å². The van der Waals surface area contributed by atoms with Crippen molar-refractivity contribution in [1.29, 1.82) is 0 Å². The van der Waals surface area contributed by atoms with Gasteiger partial charge in [0.25, 0.3) is 0 Å². The van der Waals surface area contributed by atoms with Crippen molar-refractivity contribution < 1.29 is 14.3 Å². The van der Waals surface area contributed by atoms with Crippen molar-refractivity contribution in [2.45, 2.75) is 71.4 Å². The van der Waals surface area contributed by atoms with Gasteiger partial charge in [-0.3, -0.25) is 4.79 Å². The summed E-state index contributed by atoms with van der Waals surface area (Å²) in [5.41, 5.74) is -1.39. The molecule has 1 aliphatic carbocycles. The van der Waals surface area contributed by atoms with Crippen LogP contribution in [-0.2, 0) is 9.53 Å². The van der Waals surface area contributed by atoms with Crippen molar-refractivity contribution in [2.75, 3.05) is 0 Å². The van der Waals surface area contributed by atoms with E-state index < -0.39 is 17.2 Å². The smallest absolute Gasteiger partial charge is 0.408 e.